The number of nitrogens with one attached hydrogen (secondary N) is 1. The number of hydrogen-bond donors (Lipinski definition) is 1. The highest BCUT2D eigenvalue weighted by molar-refractivity contribution is 6.39. The van der Waals surface area contributed by atoms with Crippen LogP contribution in [-0.2, 0) is 14.4 Å². The predicted molar refractivity (Wildman–Crippen MR) is 109 cm³/mol. The summed E-state index contributed by atoms with van der Waals surface area (Å²) in [6.45, 7) is 5.13. The minimum absolute atomic E-state index is 0.208. The third-order valence-corrected chi connectivity index (χ3v) is 4.29. The first-order valence-electron chi connectivity index (χ1n) is 9.24. The van der Waals surface area contributed by atoms with E-state index in [1.165, 1.54) is 19.1 Å². The summed E-state index contributed by atoms with van der Waals surface area (Å²) in [5, 5.41) is 2.19. The lowest BCUT2D eigenvalue weighted by Gasteiger charge is -2.27. The molecule has 1 N–H and O–H groups in total. The quantitative estimate of drug-likeness (QED) is 0.353. The second-order valence-electron chi connectivity index (χ2n) is 6.48. The molecular formula is C22H20N2O6. The van der Waals surface area contributed by atoms with Crippen LogP contribution in [0.15, 0.2) is 48.0 Å². The summed E-state index contributed by atoms with van der Waals surface area (Å²) in [4.78, 5) is 49.9. The SMILES string of the molecule is CCOc1cc(/C=C2/C(=O)NC(=O)N(c3ccccc3C)C2=O)ccc1OC(C)=O. The number of carbonyl (C=O) groups excluding carboxylic acids is 4. The predicted octanol–water partition coefficient (Wildman–Crippen LogP) is 2.99. The van der Waals surface area contributed by atoms with Gasteiger partial charge in [-0.3, -0.25) is 19.7 Å². The van der Waals surface area contributed by atoms with Crippen LogP contribution in [0.2, 0.25) is 0 Å². The molecule has 30 heavy (non-hydrogen) atoms. The first kappa shape index (κ1) is 20.8. The number of esters is 1. The number of para-hydroxylation sites is 1. The Bertz CT molecular complexity index is 1070. The number of carbonyl (C=O) groups is 4. The van der Waals surface area contributed by atoms with Gasteiger partial charge in [0.05, 0.1) is 12.3 Å². The van der Waals surface area contributed by atoms with Crippen molar-refractivity contribution < 1.29 is 28.7 Å². The van der Waals surface area contributed by atoms with E-state index in [9.17, 15) is 19.2 Å². The van der Waals surface area contributed by atoms with E-state index in [1.54, 1.807) is 50.2 Å². The van der Waals surface area contributed by atoms with Crippen molar-refractivity contribution in [3.63, 3.8) is 0 Å². The topological polar surface area (TPSA) is 102 Å². The van der Waals surface area contributed by atoms with E-state index in [1.807, 2.05) is 0 Å². The molecule has 8 nitrogen and oxygen atoms in total. The number of nitrogens with zero attached hydrogens (tertiary/aromatic N) is 1. The molecule has 4 amide bonds. The van der Waals surface area contributed by atoms with Gasteiger partial charge in [-0.1, -0.05) is 24.3 Å². The summed E-state index contributed by atoms with van der Waals surface area (Å²) >= 11 is 0. The number of rotatable bonds is 5. The van der Waals surface area contributed by atoms with E-state index in [0.29, 0.717) is 23.4 Å². The highest BCUT2D eigenvalue weighted by Crippen LogP contribution is 2.30. The number of anilines is 1. The molecule has 8 heteroatoms. The minimum atomic E-state index is -0.809. The van der Waals surface area contributed by atoms with Gasteiger partial charge in [-0.25, -0.2) is 9.69 Å². The maximum absolute atomic E-state index is 13.0. The fourth-order valence-corrected chi connectivity index (χ4v) is 2.98. The Morgan fingerprint density at radius 3 is 2.50 bits per heavy atom. The Labute approximate surface area is 173 Å². The molecule has 3 rings (SSSR count). The van der Waals surface area contributed by atoms with Crippen LogP contribution in [0.4, 0.5) is 10.5 Å². The second kappa shape index (κ2) is 8.60. The zero-order chi connectivity index (χ0) is 21.8. The number of ether oxygens (including phenoxy) is 2. The average Bonchev–Trinajstić information content (AvgIpc) is 2.68. The van der Waals surface area contributed by atoms with Crippen LogP contribution in [0.25, 0.3) is 6.08 Å². The van der Waals surface area contributed by atoms with E-state index < -0.39 is 23.8 Å². The summed E-state index contributed by atoms with van der Waals surface area (Å²) in [6.07, 6.45) is 1.36. The lowest BCUT2D eigenvalue weighted by molar-refractivity contribution is -0.132. The summed E-state index contributed by atoms with van der Waals surface area (Å²) in [7, 11) is 0. The molecule has 2 aromatic carbocycles. The van der Waals surface area contributed by atoms with E-state index in [-0.39, 0.29) is 17.1 Å². The maximum atomic E-state index is 13.0. The summed E-state index contributed by atoms with van der Waals surface area (Å²) < 4.78 is 10.6. The van der Waals surface area contributed by atoms with Gasteiger partial charge in [-0.15, -0.1) is 0 Å². The average molecular weight is 408 g/mol. The molecule has 1 aliphatic heterocycles. The lowest BCUT2D eigenvalue weighted by Crippen LogP contribution is -2.54. The normalized spacial score (nSPS) is 15.2. The molecule has 2 aromatic rings. The van der Waals surface area contributed by atoms with E-state index >= 15 is 0 Å². The smallest absolute Gasteiger partial charge is 0.335 e. The molecule has 0 bridgehead atoms. The Morgan fingerprint density at radius 1 is 1.10 bits per heavy atom. The van der Waals surface area contributed by atoms with Crippen LogP contribution in [0, 0.1) is 6.92 Å². The van der Waals surface area contributed by atoms with Crippen molar-refractivity contribution in [2.24, 2.45) is 0 Å². The summed E-state index contributed by atoms with van der Waals surface area (Å²) in [5.74, 6) is -1.52. The van der Waals surface area contributed by atoms with Crippen molar-refractivity contribution in [1.82, 2.24) is 5.32 Å². The number of aryl methyl sites for hydroxylation is 1. The van der Waals surface area contributed by atoms with Crippen LogP contribution in [0.1, 0.15) is 25.0 Å². The van der Waals surface area contributed by atoms with Crippen LogP contribution in [-0.4, -0.2) is 30.4 Å². The maximum Gasteiger partial charge on any atom is 0.335 e. The molecule has 0 radical (unpaired) electrons. The molecule has 1 aliphatic rings. The molecule has 154 valence electrons. The van der Waals surface area contributed by atoms with Gasteiger partial charge < -0.3 is 9.47 Å². The van der Waals surface area contributed by atoms with Crippen LogP contribution in [0.3, 0.4) is 0 Å². The molecular weight excluding hydrogens is 388 g/mol. The Kier molecular flexibility index (Phi) is 5.96. The Morgan fingerprint density at radius 2 is 1.83 bits per heavy atom. The molecule has 0 aliphatic carbocycles. The molecule has 1 saturated heterocycles. The van der Waals surface area contributed by atoms with Crippen molar-refractivity contribution in [3.8, 4) is 11.5 Å². The van der Waals surface area contributed by atoms with Crippen molar-refractivity contribution >= 4 is 35.6 Å². The van der Waals surface area contributed by atoms with Crippen LogP contribution >= 0.6 is 0 Å². The Balaban J connectivity index is 2.01. The monoisotopic (exact) mass is 408 g/mol. The summed E-state index contributed by atoms with van der Waals surface area (Å²) in [6, 6.07) is 10.7. The number of hydrogen-bond acceptors (Lipinski definition) is 6. The highest BCUT2D eigenvalue weighted by Gasteiger charge is 2.37. The van der Waals surface area contributed by atoms with E-state index in [2.05, 4.69) is 5.32 Å². The van der Waals surface area contributed by atoms with Crippen molar-refractivity contribution in [2.45, 2.75) is 20.8 Å². The first-order chi connectivity index (χ1) is 14.3. The molecule has 1 fully saturated rings. The number of benzene rings is 2. The van der Waals surface area contributed by atoms with E-state index in [4.69, 9.17) is 9.47 Å². The number of barbiturate groups is 1. The van der Waals surface area contributed by atoms with E-state index in [0.717, 1.165) is 4.90 Å². The first-order valence-corrected chi connectivity index (χ1v) is 9.24. The third kappa shape index (κ3) is 4.22. The van der Waals surface area contributed by atoms with Crippen molar-refractivity contribution in [3.05, 3.63) is 59.2 Å². The number of imide groups is 2. The van der Waals surface area contributed by atoms with Gasteiger partial charge in [0.25, 0.3) is 11.8 Å². The zero-order valence-electron chi connectivity index (χ0n) is 16.7. The molecule has 0 spiro atoms. The highest BCUT2D eigenvalue weighted by atomic mass is 16.6. The lowest BCUT2D eigenvalue weighted by atomic mass is 10.1. The van der Waals surface area contributed by atoms with Gasteiger partial charge in [0, 0.05) is 6.92 Å². The summed E-state index contributed by atoms with van der Waals surface area (Å²) in [5.41, 5.74) is 1.35. The minimum Gasteiger partial charge on any atom is -0.490 e. The van der Waals surface area contributed by atoms with Crippen molar-refractivity contribution in [1.29, 1.82) is 0 Å². The third-order valence-electron chi connectivity index (χ3n) is 4.29. The molecule has 0 atom stereocenters. The van der Waals surface area contributed by atoms with Crippen LogP contribution in [0.5, 0.6) is 11.5 Å². The van der Waals surface area contributed by atoms with Gasteiger partial charge in [0.2, 0.25) is 0 Å². The number of urea groups is 1. The zero-order valence-corrected chi connectivity index (χ0v) is 16.7. The fourth-order valence-electron chi connectivity index (χ4n) is 2.98. The van der Waals surface area contributed by atoms with Gasteiger partial charge in [-0.2, -0.15) is 0 Å². The molecule has 1 heterocycles. The van der Waals surface area contributed by atoms with Gasteiger partial charge >= 0.3 is 12.0 Å². The van der Waals surface area contributed by atoms with Crippen LogP contribution < -0.4 is 19.7 Å². The molecule has 0 unspecified atom stereocenters. The van der Waals surface area contributed by atoms with Crippen molar-refractivity contribution in [2.75, 3.05) is 11.5 Å². The largest absolute Gasteiger partial charge is 0.490 e. The molecule has 0 saturated carbocycles. The molecule has 0 aromatic heterocycles. The fraction of sp³-hybridized carbons (Fsp3) is 0.182. The Hall–Kier alpha value is -3.94. The van der Waals surface area contributed by atoms with Gasteiger partial charge in [0.15, 0.2) is 11.5 Å². The second-order valence-corrected chi connectivity index (χ2v) is 6.48. The standard InChI is InChI=1S/C22H20N2O6/c1-4-29-19-12-15(9-10-18(19)30-14(3)25)11-16-20(26)23-22(28)24(21(16)27)17-8-6-5-7-13(17)2/h5-12H,4H2,1-3H3,(H,23,26,28)/b16-11-. The van der Waals surface area contributed by atoms with Gasteiger partial charge in [0.1, 0.15) is 5.57 Å². The number of amides is 4. The van der Waals surface area contributed by atoms with Gasteiger partial charge in [-0.05, 0) is 49.2 Å².